The van der Waals surface area contributed by atoms with Crippen LogP contribution in [0.5, 0.6) is 0 Å². The first kappa shape index (κ1) is 18.9. The van der Waals surface area contributed by atoms with Gasteiger partial charge in [-0.3, -0.25) is 0 Å². The molecule has 0 saturated heterocycles. The van der Waals surface area contributed by atoms with Gasteiger partial charge in [0.15, 0.2) is 0 Å². The van der Waals surface area contributed by atoms with Crippen molar-refractivity contribution in [2.75, 3.05) is 0 Å². The van der Waals surface area contributed by atoms with Gasteiger partial charge in [0.05, 0.1) is 17.0 Å². The van der Waals surface area contributed by atoms with Crippen molar-refractivity contribution >= 4 is 11.6 Å². The van der Waals surface area contributed by atoms with Crippen LogP contribution in [0.15, 0.2) is 66.9 Å². The number of aryl methyl sites for hydroxylation is 2. The zero-order valence-electron chi connectivity index (χ0n) is 16.3. The van der Waals surface area contributed by atoms with Crippen LogP contribution in [-0.4, -0.2) is 25.6 Å². The maximum atomic E-state index is 11.5. The van der Waals surface area contributed by atoms with E-state index in [1.54, 1.807) is 18.2 Å². The molecule has 0 spiro atoms. The first-order valence-corrected chi connectivity index (χ1v) is 9.57. The lowest BCUT2D eigenvalue weighted by molar-refractivity contribution is 0.0697. The lowest BCUT2D eigenvalue weighted by Gasteiger charge is -2.15. The molecule has 4 rings (SSSR count). The summed E-state index contributed by atoms with van der Waals surface area (Å²) in [7, 11) is 0. The number of carboxylic acid groups (broad SMARTS) is 1. The summed E-state index contributed by atoms with van der Waals surface area (Å²) in [6.45, 7) is 4.04. The lowest BCUT2D eigenvalue weighted by atomic mass is 9.97. The molecule has 1 atom stereocenters. The smallest absolute Gasteiger partial charge is 0.336 e. The van der Waals surface area contributed by atoms with E-state index in [4.69, 9.17) is 0 Å². The molecule has 29 heavy (non-hydrogen) atoms. The molecule has 0 unspecified atom stereocenters. The molecule has 2 N–H and O–H groups in total. The highest BCUT2D eigenvalue weighted by Gasteiger charge is 2.17. The van der Waals surface area contributed by atoms with Crippen LogP contribution in [-0.2, 0) is 6.42 Å². The maximum absolute atomic E-state index is 11.5. The summed E-state index contributed by atoms with van der Waals surface area (Å²) in [6, 6.07) is 18.2. The third kappa shape index (κ3) is 3.52. The van der Waals surface area contributed by atoms with Crippen LogP contribution in [0, 0.1) is 6.92 Å². The fourth-order valence-corrected chi connectivity index (χ4v) is 3.62. The fourth-order valence-electron chi connectivity index (χ4n) is 3.62. The number of aliphatic hydroxyl groups is 1. The van der Waals surface area contributed by atoms with Crippen molar-refractivity contribution < 1.29 is 15.0 Å². The highest BCUT2D eigenvalue weighted by atomic mass is 16.4. The van der Waals surface area contributed by atoms with Gasteiger partial charge in [-0.25, -0.2) is 9.78 Å². The first-order valence-electron chi connectivity index (χ1n) is 9.57. The molecule has 2 aromatic heterocycles. The van der Waals surface area contributed by atoms with E-state index in [2.05, 4.69) is 11.9 Å². The van der Waals surface area contributed by atoms with Gasteiger partial charge >= 0.3 is 5.97 Å². The number of fused-ring (bicyclic) bond motifs is 1. The van der Waals surface area contributed by atoms with Crippen molar-refractivity contribution in [2.45, 2.75) is 26.4 Å². The second-order valence-electron chi connectivity index (χ2n) is 7.15. The topological polar surface area (TPSA) is 74.8 Å². The summed E-state index contributed by atoms with van der Waals surface area (Å²) >= 11 is 0. The molecule has 0 radical (unpaired) electrons. The van der Waals surface area contributed by atoms with Crippen molar-refractivity contribution in [1.82, 2.24) is 9.38 Å². The molecule has 2 heterocycles. The number of benzene rings is 2. The molecule has 0 bridgehead atoms. The van der Waals surface area contributed by atoms with E-state index >= 15 is 0 Å². The van der Waals surface area contributed by atoms with Gasteiger partial charge in [0.2, 0.25) is 0 Å². The number of carbonyl (C=O) groups is 1. The van der Waals surface area contributed by atoms with Crippen LogP contribution in [0.4, 0.5) is 0 Å². The number of hydrogen-bond donors (Lipinski definition) is 2. The van der Waals surface area contributed by atoms with Crippen LogP contribution in [0.3, 0.4) is 0 Å². The van der Waals surface area contributed by atoms with Crippen molar-refractivity contribution in [3.8, 4) is 11.1 Å². The van der Waals surface area contributed by atoms with E-state index < -0.39 is 12.1 Å². The van der Waals surface area contributed by atoms with Gasteiger partial charge in [0.25, 0.3) is 0 Å². The lowest BCUT2D eigenvalue weighted by Crippen LogP contribution is -2.06. The third-order valence-electron chi connectivity index (χ3n) is 5.13. The van der Waals surface area contributed by atoms with Crippen LogP contribution < -0.4 is 0 Å². The minimum absolute atomic E-state index is 0.256. The Labute approximate surface area is 168 Å². The highest BCUT2D eigenvalue weighted by molar-refractivity contribution is 5.96. The normalized spacial score (nSPS) is 12.2. The molecule has 5 nitrogen and oxygen atoms in total. The third-order valence-corrected chi connectivity index (χ3v) is 5.13. The number of aliphatic hydroxyl groups excluding tert-OH is 1. The molecule has 4 aromatic rings. The van der Waals surface area contributed by atoms with Crippen molar-refractivity contribution in [2.24, 2.45) is 0 Å². The number of rotatable bonds is 5. The number of nitrogens with zero attached hydrogens (tertiary/aromatic N) is 2. The molecule has 0 amide bonds. The fraction of sp³-hybridized carbons (Fsp3) is 0.167. The number of aromatic nitrogens is 2. The average molecular weight is 386 g/mol. The molecule has 0 aliphatic heterocycles. The first-order chi connectivity index (χ1) is 14.0. The monoisotopic (exact) mass is 386 g/mol. The summed E-state index contributed by atoms with van der Waals surface area (Å²) in [5.41, 5.74) is 6.03. The van der Waals surface area contributed by atoms with Crippen molar-refractivity contribution in [1.29, 1.82) is 0 Å². The van der Waals surface area contributed by atoms with Crippen molar-refractivity contribution in [3.63, 3.8) is 0 Å². The summed E-state index contributed by atoms with van der Waals surface area (Å²) in [4.78, 5) is 16.1. The SMILES string of the molecule is CCc1cn2c([C@H](O)c3ccc(-c4ccccc4C(=O)O)cc3)cc(C)cc2n1. The second kappa shape index (κ2) is 7.53. The Kier molecular flexibility index (Phi) is 4.91. The summed E-state index contributed by atoms with van der Waals surface area (Å²) in [5.74, 6) is -0.960. The number of hydrogen-bond acceptors (Lipinski definition) is 3. The van der Waals surface area contributed by atoms with E-state index in [0.717, 1.165) is 40.1 Å². The van der Waals surface area contributed by atoms with Gasteiger partial charge < -0.3 is 14.6 Å². The molecule has 5 heteroatoms. The van der Waals surface area contributed by atoms with E-state index in [-0.39, 0.29) is 5.56 Å². The molecule has 2 aromatic carbocycles. The number of imidazole rings is 1. The Hall–Kier alpha value is -3.44. The Morgan fingerprint density at radius 1 is 1.10 bits per heavy atom. The zero-order chi connectivity index (χ0) is 20.5. The van der Waals surface area contributed by atoms with Crippen LogP contribution in [0.1, 0.15) is 45.9 Å². The molecular formula is C24H22N2O3. The minimum Gasteiger partial charge on any atom is -0.478 e. The molecule has 0 saturated carbocycles. The van der Waals surface area contributed by atoms with Gasteiger partial charge in [-0.05, 0) is 53.8 Å². The summed E-state index contributed by atoms with van der Waals surface area (Å²) in [5, 5.41) is 20.5. The van der Waals surface area contributed by atoms with Gasteiger partial charge in [-0.1, -0.05) is 49.4 Å². The Morgan fingerprint density at radius 3 is 2.52 bits per heavy atom. The highest BCUT2D eigenvalue weighted by Crippen LogP contribution is 2.29. The van der Waals surface area contributed by atoms with Gasteiger partial charge in [-0.2, -0.15) is 0 Å². The zero-order valence-corrected chi connectivity index (χ0v) is 16.3. The average Bonchev–Trinajstić information content (AvgIpc) is 3.15. The van der Waals surface area contributed by atoms with Crippen molar-refractivity contribution in [3.05, 3.63) is 94.9 Å². The predicted molar refractivity (Wildman–Crippen MR) is 112 cm³/mol. The molecular weight excluding hydrogens is 364 g/mol. The van der Waals surface area contributed by atoms with Crippen LogP contribution >= 0.6 is 0 Å². The van der Waals surface area contributed by atoms with E-state index in [9.17, 15) is 15.0 Å². The van der Waals surface area contributed by atoms with Gasteiger partial charge in [0, 0.05) is 6.20 Å². The summed E-state index contributed by atoms with van der Waals surface area (Å²) < 4.78 is 1.93. The predicted octanol–water partition coefficient (Wildman–Crippen LogP) is 4.65. The quantitative estimate of drug-likeness (QED) is 0.523. The largest absolute Gasteiger partial charge is 0.478 e. The molecule has 0 fully saturated rings. The van der Waals surface area contributed by atoms with E-state index in [1.807, 2.05) is 60.0 Å². The Bertz CT molecular complexity index is 1190. The number of pyridine rings is 1. The molecule has 146 valence electrons. The number of aromatic carboxylic acids is 1. The van der Waals surface area contributed by atoms with Gasteiger partial charge in [-0.15, -0.1) is 0 Å². The summed E-state index contributed by atoms with van der Waals surface area (Å²) in [6.07, 6.45) is 1.97. The standard InChI is InChI=1S/C24H22N2O3/c1-3-18-14-26-21(12-15(2)13-22(26)25-18)23(27)17-10-8-16(9-11-17)19-6-4-5-7-20(19)24(28)29/h4-14,23,27H,3H2,1-2H3,(H,28,29)/t23-/m1/s1. The van der Waals surface area contributed by atoms with E-state index in [1.165, 1.54) is 0 Å². The van der Waals surface area contributed by atoms with E-state index in [0.29, 0.717) is 5.56 Å². The minimum atomic E-state index is -0.960. The van der Waals surface area contributed by atoms with Crippen LogP contribution in [0.2, 0.25) is 0 Å². The molecule has 0 aliphatic carbocycles. The maximum Gasteiger partial charge on any atom is 0.336 e. The van der Waals surface area contributed by atoms with Gasteiger partial charge in [0.1, 0.15) is 11.8 Å². The Morgan fingerprint density at radius 2 is 1.83 bits per heavy atom. The second-order valence-corrected chi connectivity index (χ2v) is 7.15. The molecule has 0 aliphatic rings. The van der Waals surface area contributed by atoms with Crippen LogP contribution in [0.25, 0.3) is 16.8 Å². The Balaban J connectivity index is 1.73. The number of carboxylic acids is 1.